The molecule has 13 heteroatoms. The molecule has 0 fully saturated rings. The Labute approximate surface area is 278 Å². The standard InChI is InChI=1S/C23H37NO8.C11H14O4/c1-7-31-17-15-18(27-5)21(19(16-17)28-6)22(26)24-10-12-30-14-13-29-11-8-9-20(25)32-23(2,3)4;1-4-15-8-5-10(13-2)9(7-12)11(6-8)14-3/h15-16H,7-14H2,1-6H3,(H,24,26);5-7H,4H2,1-3H3. The Bertz CT molecular complexity index is 1190. The smallest absolute Gasteiger partial charge is 0.306 e. The van der Waals surface area contributed by atoms with E-state index in [2.05, 4.69) is 5.32 Å². The summed E-state index contributed by atoms with van der Waals surface area (Å²) >= 11 is 0. The molecule has 0 aliphatic heterocycles. The van der Waals surface area contributed by atoms with Crippen LogP contribution in [0.5, 0.6) is 34.5 Å². The molecule has 0 radical (unpaired) electrons. The topological polar surface area (TPSA) is 146 Å². The molecule has 0 unspecified atom stereocenters. The fourth-order valence-electron chi connectivity index (χ4n) is 4.00. The van der Waals surface area contributed by atoms with Crippen LogP contribution in [-0.4, -0.2) is 98.4 Å². The van der Waals surface area contributed by atoms with Crippen LogP contribution in [-0.2, 0) is 19.0 Å². The predicted octanol–water partition coefficient (Wildman–Crippen LogP) is 4.90. The van der Waals surface area contributed by atoms with E-state index in [4.69, 9.17) is 42.6 Å². The van der Waals surface area contributed by atoms with Crippen LogP contribution in [0.4, 0.5) is 0 Å². The minimum Gasteiger partial charge on any atom is -0.496 e. The summed E-state index contributed by atoms with van der Waals surface area (Å²) in [6.45, 7) is 12.2. The van der Waals surface area contributed by atoms with Crippen molar-refractivity contribution in [3.05, 3.63) is 35.4 Å². The number of methoxy groups -OCH3 is 4. The number of hydrogen-bond donors (Lipinski definition) is 1. The quantitative estimate of drug-likeness (QED) is 0.117. The van der Waals surface area contributed by atoms with Crippen molar-refractivity contribution in [2.45, 2.75) is 53.1 Å². The molecule has 1 N–H and O–H groups in total. The van der Waals surface area contributed by atoms with Gasteiger partial charge in [-0.3, -0.25) is 14.4 Å². The van der Waals surface area contributed by atoms with Crippen LogP contribution >= 0.6 is 0 Å². The Hall–Kier alpha value is -4.23. The number of carbonyl (C=O) groups excluding carboxylic acids is 3. The molecule has 0 heterocycles. The highest BCUT2D eigenvalue weighted by Crippen LogP contribution is 2.34. The Kier molecular flexibility index (Phi) is 19.4. The number of hydrogen-bond acceptors (Lipinski definition) is 12. The molecule has 13 nitrogen and oxygen atoms in total. The lowest BCUT2D eigenvalue weighted by Gasteiger charge is -2.19. The van der Waals surface area contributed by atoms with Gasteiger partial charge in [-0.1, -0.05) is 0 Å². The van der Waals surface area contributed by atoms with Gasteiger partial charge >= 0.3 is 5.97 Å². The van der Waals surface area contributed by atoms with Gasteiger partial charge in [-0.05, 0) is 41.0 Å². The fraction of sp³-hybridized carbons (Fsp3) is 0.559. The van der Waals surface area contributed by atoms with Crippen molar-refractivity contribution in [3.8, 4) is 34.5 Å². The van der Waals surface area contributed by atoms with Gasteiger partial charge < -0.3 is 47.9 Å². The van der Waals surface area contributed by atoms with Gasteiger partial charge in [0.2, 0.25) is 0 Å². The second-order valence-electron chi connectivity index (χ2n) is 10.6. The van der Waals surface area contributed by atoms with Crippen molar-refractivity contribution in [1.29, 1.82) is 0 Å². The van der Waals surface area contributed by atoms with E-state index in [1.54, 1.807) is 24.3 Å². The molecule has 264 valence electrons. The highest BCUT2D eigenvalue weighted by Gasteiger charge is 2.20. The van der Waals surface area contributed by atoms with E-state index in [9.17, 15) is 14.4 Å². The van der Waals surface area contributed by atoms with Crippen molar-refractivity contribution in [2.24, 2.45) is 0 Å². The minimum atomic E-state index is -0.468. The summed E-state index contributed by atoms with van der Waals surface area (Å²) in [4.78, 5) is 35.0. The number of amides is 1. The molecular weight excluding hydrogens is 614 g/mol. The second kappa shape index (κ2) is 22.3. The Balaban J connectivity index is 0.000000611. The van der Waals surface area contributed by atoms with Gasteiger partial charge in [-0.25, -0.2) is 0 Å². The first kappa shape index (κ1) is 40.8. The highest BCUT2D eigenvalue weighted by atomic mass is 16.6. The maximum Gasteiger partial charge on any atom is 0.306 e. The van der Waals surface area contributed by atoms with Crippen molar-refractivity contribution >= 4 is 18.2 Å². The van der Waals surface area contributed by atoms with Crippen LogP contribution in [0.2, 0.25) is 0 Å². The second-order valence-corrected chi connectivity index (χ2v) is 10.6. The summed E-state index contributed by atoms with van der Waals surface area (Å²) < 4.78 is 47.7. The summed E-state index contributed by atoms with van der Waals surface area (Å²) in [5.74, 6) is 2.26. The summed E-state index contributed by atoms with van der Waals surface area (Å²) in [5, 5.41) is 2.79. The van der Waals surface area contributed by atoms with Crippen molar-refractivity contribution in [1.82, 2.24) is 5.32 Å². The summed E-state index contributed by atoms with van der Waals surface area (Å²) in [6, 6.07) is 6.63. The molecule has 0 aromatic heterocycles. The lowest BCUT2D eigenvalue weighted by molar-refractivity contribution is -0.155. The summed E-state index contributed by atoms with van der Waals surface area (Å²) in [7, 11) is 5.96. The molecular formula is C34H51NO12. The monoisotopic (exact) mass is 665 g/mol. The van der Waals surface area contributed by atoms with E-state index in [1.807, 2.05) is 34.6 Å². The average molecular weight is 666 g/mol. The van der Waals surface area contributed by atoms with E-state index in [-0.39, 0.29) is 11.9 Å². The number of aldehydes is 1. The molecule has 0 saturated heterocycles. The third-order valence-electron chi connectivity index (χ3n) is 5.96. The predicted molar refractivity (Wildman–Crippen MR) is 176 cm³/mol. The van der Waals surface area contributed by atoms with Crippen LogP contribution < -0.4 is 33.7 Å². The van der Waals surface area contributed by atoms with Gasteiger partial charge in [0.25, 0.3) is 5.91 Å². The Morgan fingerprint density at radius 1 is 0.723 bits per heavy atom. The van der Waals surface area contributed by atoms with Crippen LogP contribution in [0.15, 0.2) is 24.3 Å². The third-order valence-corrected chi connectivity index (χ3v) is 5.96. The molecule has 1 amide bonds. The zero-order valence-electron chi connectivity index (χ0n) is 29.1. The van der Waals surface area contributed by atoms with Crippen molar-refractivity contribution in [3.63, 3.8) is 0 Å². The van der Waals surface area contributed by atoms with Gasteiger partial charge in [0.1, 0.15) is 45.7 Å². The Morgan fingerprint density at radius 2 is 1.19 bits per heavy atom. The first-order valence-corrected chi connectivity index (χ1v) is 15.4. The molecule has 2 aromatic rings. The van der Waals surface area contributed by atoms with Crippen molar-refractivity contribution in [2.75, 3.05) is 74.6 Å². The number of carbonyl (C=O) groups is 3. The molecule has 0 aliphatic carbocycles. The zero-order valence-corrected chi connectivity index (χ0v) is 29.1. The van der Waals surface area contributed by atoms with E-state index in [0.717, 1.165) is 0 Å². The van der Waals surface area contributed by atoms with Crippen LogP contribution in [0.1, 0.15) is 68.2 Å². The third kappa shape index (κ3) is 15.3. The lowest BCUT2D eigenvalue weighted by Crippen LogP contribution is -2.28. The molecule has 0 saturated carbocycles. The first-order chi connectivity index (χ1) is 22.5. The number of ether oxygens (including phenoxy) is 9. The molecule has 0 spiro atoms. The highest BCUT2D eigenvalue weighted by molar-refractivity contribution is 6.00. The van der Waals surface area contributed by atoms with E-state index in [0.29, 0.717) is 111 Å². The number of rotatable bonds is 20. The molecule has 0 atom stereocenters. The maximum atomic E-state index is 12.6. The molecule has 47 heavy (non-hydrogen) atoms. The van der Waals surface area contributed by atoms with Gasteiger partial charge in [-0.2, -0.15) is 0 Å². The number of esters is 1. The first-order valence-electron chi connectivity index (χ1n) is 15.4. The van der Waals surface area contributed by atoms with E-state index < -0.39 is 5.60 Å². The molecule has 2 rings (SSSR count). The normalized spacial score (nSPS) is 10.6. The molecule has 0 bridgehead atoms. The van der Waals surface area contributed by atoms with Gasteiger partial charge in [0, 0.05) is 43.8 Å². The average Bonchev–Trinajstić information content (AvgIpc) is 3.04. The number of nitrogens with one attached hydrogen (secondary N) is 1. The summed E-state index contributed by atoms with van der Waals surface area (Å²) in [5.41, 5.74) is 0.222. The van der Waals surface area contributed by atoms with E-state index in [1.165, 1.54) is 28.4 Å². The van der Waals surface area contributed by atoms with E-state index >= 15 is 0 Å². The lowest BCUT2D eigenvalue weighted by atomic mass is 10.1. The van der Waals surface area contributed by atoms with Crippen LogP contribution in [0.25, 0.3) is 0 Å². The largest absolute Gasteiger partial charge is 0.496 e. The Morgan fingerprint density at radius 3 is 1.62 bits per heavy atom. The van der Waals surface area contributed by atoms with Crippen molar-refractivity contribution < 1.29 is 57.0 Å². The fourth-order valence-corrected chi connectivity index (χ4v) is 4.00. The number of benzene rings is 2. The van der Waals surface area contributed by atoms with Gasteiger partial charge in [-0.15, -0.1) is 0 Å². The molecule has 0 aliphatic rings. The maximum absolute atomic E-state index is 12.6. The SMILES string of the molecule is CCOc1cc(OC)c(C(=O)NCCOCCOCCCC(=O)OC(C)(C)C)c(OC)c1.CCOc1cc(OC)c(C=O)c(OC)c1. The summed E-state index contributed by atoms with van der Waals surface area (Å²) in [6.07, 6.45) is 1.62. The van der Waals surface area contributed by atoms with Gasteiger partial charge in [0.15, 0.2) is 6.29 Å². The van der Waals surface area contributed by atoms with Crippen LogP contribution in [0, 0.1) is 0 Å². The van der Waals surface area contributed by atoms with Gasteiger partial charge in [0.05, 0.1) is 67.0 Å². The zero-order chi connectivity index (χ0) is 35.2. The van der Waals surface area contributed by atoms with Crippen LogP contribution in [0.3, 0.4) is 0 Å². The minimum absolute atomic E-state index is 0.228. The molecule has 2 aromatic carbocycles.